The second kappa shape index (κ2) is 5.45. The molecule has 1 aliphatic carbocycles. The van der Waals surface area contributed by atoms with E-state index in [1.54, 1.807) is 0 Å². The van der Waals surface area contributed by atoms with Crippen molar-refractivity contribution in [2.45, 2.75) is 30.2 Å². The highest BCUT2D eigenvalue weighted by molar-refractivity contribution is 7.89. The minimum Gasteiger partial charge on any atom is -0.369 e. The molecule has 0 unspecified atom stereocenters. The first kappa shape index (κ1) is 14.9. The van der Waals surface area contributed by atoms with Gasteiger partial charge in [0.2, 0.25) is 15.9 Å². The molecule has 0 heterocycles. The fourth-order valence-electron chi connectivity index (χ4n) is 2.40. The molecule has 0 spiro atoms. The summed E-state index contributed by atoms with van der Waals surface area (Å²) in [6.07, 6.45) is 1.56. The lowest BCUT2D eigenvalue weighted by atomic mass is 10.0. The van der Waals surface area contributed by atoms with Gasteiger partial charge in [-0.25, -0.2) is 21.9 Å². The van der Waals surface area contributed by atoms with Crippen LogP contribution >= 0.6 is 0 Å². The van der Waals surface area contributed by atoms with Gasteiger partial charge in [-0.05, 0) is 25.0 Å². The smallest absolute Gasteiger partial charge is 0.243 e. The Hall–Kier alpha value is -1.54. The molecule has 2 rings (SSSR count). The molecule has 1 aromatic carbocycles. The molecule has 1 aliphatic rings. The summed E-state index contributed by atoms with van der Waals surface area (Å²) in [5.74, 6) is -3.91. The molecule has 1 aromatic rings. The van der Waals surface area contributed by atoms with Crippen LogP contribution in [0.5, 0.6) is 0 Å². The maximum Gasteiger partial charge on any atom is 0.243 e. The Balaban J connectivity index is 2.28. The average Bonchev–Trinajstić information content (AvgIpc) is 2.79. The van der Waals surface area contributed by atoms with Gasteiger partial charge in [-0.1, -0.05) is 12.5 Å². The maximum absolute atomic E-state index is 13.5. The Bertz CT molecular complexity index is 634. The van der Waals surface area contributed by atoms with Crippen LogP contribution < -0.4 is 10.5 Å². The van der Waals surface area contributed by atoms with Gasteiger partial charge in [0, 0.05) is 6.04 Å². The van der Waals surface area contributed by atoms with E-state index in [-0.39, 0.29) is 0 Å². The summed E-state index contributed by atoms with van der Waals surface area (Å²) >= 11 is 0. The minimum atomic E-state index is -4.24. The third-order valence-electron chi connectivity index (χ3n) is 3.39. The number of nitrogens with one attached hydrogen (secondary N) is 1. The Labute approximate surface area is 115 Å². The summed E-state index contributed by atoms with van der Waals surface area (Å²) in [6.45, 7) is 0. The first-order valence-electron chi connectivity index (χ1n) is 6.08. The van der Waals surface area contributed by atoms with Crippen molar-refractivity contribution in [1.29, 1.82) is 0 Å². The van der Waals surface area contributed by atoms with Crippen molar-refractivity contribution in [3.8, 4) is 0 Å². The lowest BCUT2D eigenvalue weighted by molar-refractivity contribution is -0.122. The van der Waals surface area contributed by atoms with Crippen LogP contribution in [0.1, 0.15) is 19.3 Å². The highest BCUT2D eigenvalue weighted by atomic mass is 32.2. The standard InChI is InChI=1S/C12H14F2N2O3S/c13-8-4-2-6-10(11(8)14)20(18,19)16-9-5-1-3-7(9)12(15)17/h2,4,6-7,9,16H,1,3,5H2,(H2,15,17)/t7-,9-/m1/s1. The van der Waals surface area contributed by atoms with Gasteiger partial charge in [-0.2, -0.15) is 0 Å². The first-order chi connectivity index (χ1) is 9.33. The molecule has 0 bridgehead atoms. The largest absolute Gasteiger partial charge is 0.369 e. The number of hydrogen-bond donors (Lipinski definition) is 2. The molecule has 20 heavy (non-hydrogen) atoms. The van der Waals surface area contributed by atoms with E-state index in [1.165, 1.54) is 0 Å². The van der Waals surface area contributed by atoms with Crippen LogP contribution in [-0.4, -0.2) is 20.4 Å². The molecule has 110 valence electrons. The van der Waals surface area contributed by atoms with E-state index in [0.717, 1.165) is 18.2 Å². The number of amides is 1. The van der Waals surface area contributed by atoms with E-state index in [2.05, 4.69) is 4.72 Å². The molecular formula is C12H14F2N2O3S. The Morgan fingerprint density at radius 3 is 2.65 bits per heavy atom. The Morgan fingerprint density at radius 1 is 1.30 bits per heavy atom. The van der Waals surface area contributed by atoms with Gasteiger partial charge in [0.1, 0.15) is 4.90 Å². The van der Waals surface area contributed by atoms with Gasteiger partial charge >= 0.3 is 0 Å². The van der Waals surface area contributed by atoms with E-state index >= 15 is 0 Å². The minimum absolute atomic E-state index is 0.434. The molecule has 0 aromatic heterocycles. The molecule has 1 saturated carbocycles. The number of halogens is 2. The van der Waals surface area contributed by atoms with Crippen LogP contribution in [0.3, 0.4) is 0 Å². The Morgan fingerprint density at radius 2 is 2.00 bits per heavy atom. The molecule has 1 fully saturated rings. The van der Waals surface area contributed by atoms with Gasteiger partial charge in [-0.15, -0.1) is 0 Å². The monoisotopic (exact) mass is 304 g/mol. The van der Waals surface area contributed by atoms with Gasteiger partial charge in [0.05, 0.1) is 5.92 Å². The third-order valence-corrected chi connectivity index (χ3v) is 4.90. The number of rotatable bonds is 4. The lowest BCUT2D eigenvalue weighted by Gasteiger charge is -2.18. The summed E-state index contributed by atoms with van der Waals surface area (Å²) in [5, 5.41) is 0. The van der Waals surface area contributed by atoms with Crippen molar-refractivity contribution in [3.63, 3.8) is 0 Å². The Kier molecular flexibility index (Phi) is 4.05. The molecule has 8 heteroatoms. The summed E-state index contributed by atoms with van der Waals surface area (Å²) in [5.41, 5.74) is 5.19. The third kappa shape index (κ3) is 2.80. The van der Waals surface area contributed by atoms with Crippen molar-refractivity contribution in [2.24, 2.45) is 11.7 Å². The number of hydrogen-bond acceptors (Lipinski definition) is 3. The van der Waals surface area contributed by atoms with Crippen molar-refractivity contribution in [2.75, 3.05) is 0 Å². The molecule has 2 atom stereocenters. The van der Waals surface area contributed by atoms with Crippen LogP contribution in [0.2, 0.25) is 0 Å². The zero-order valence-corrected chi connectivity index (χ0v) is 11.3. The fourth-order valence-corrected chi connectivity index (χ4v) is 3.79. The first-order valence-corrected chi connectivity index (χ1v) is 7.57. The fraction of sp³-hybridized carbons (Fsp3) is 0.417. The molecule has 0 radical (unpaired) electrons. The van der Waals surface area contributed by atoms with E-state index in [9.17, 15) is 22.0 Å². The van der Waals surface area contributed by atoms with Crippen molar-refractivity contribution in [1.82, 2.24) is 4.72 Å². The van der Waals surface area contributed by atoms with Crippen LogP contribution in [0.4, 0.5) is 8.78 Å². The number of benzene rings is 1. The summed E-state index contributed by atoms with van der Waals surface area (Å²) in [7, 11) is -4.24. The van der Waals surface area contributed by atoms with Gasteiger partial charge in [0.15, 0.2) is 11.6 Å². The molecular weight excluding hydrogens is 290 g/mol. The van der Waals surface area contributed by atoms with Gasteiger partial charge in [-0.3, -0.25) is 4.79 Å². The summed E-state index contributed by atoms with van der Waals surface area (Å²) in [4.78, 5) is 10.4. The molecule has 3 N–H and O–H groups in total. The maximum atomic E-state index is 13.5. The van der Waals surface area contributed by atoms with E-state index in [4.69, 9.17) is 5.73 Å². The van der Waals surface area contributed by atoms with E-state index in [0.29, 0.717) is 19.3 Å². The van der Waals surface area contributed by atoms with Crippen LogP contribution in [0.15, 0.2) is 23.1 Å². The number of nitrogens with two attached hydrogens (primary N) is 1. The van der Waals surface area contributed by atoms with Crippen molar-refractivity contribution in [3.05, 3.63) is 29.8 Å². The van der Waals surface area contributed by atoms with E-state index in [1.807, 2.05) is 0 Å². The highest BCUT2D eigenvalue weighted by Gasteiger charge is 2.35. The SMILES string of the molecule is NC(=O)[C@@H]1CCC[C@H]1NS(=O)(=O)c1cccc(F)c1F. The zero-order chi connectivity index (χ0) is 14.9. The molecule has 1 amide bonds. The predicted octanol–water partition coefficient (Wildman–Crippen LogP) is 0.897. The van der Waals surface area contributed by atoms with Crippen molar-refractivity contribution >= 4 is 15.9 Å². The van der Waals surface area contributed by atoms with Crippen LogP contribution in [0, 0.1) is 17.6 Å². The zero-order valence-electron chi connectivity index (χ0n) is 10.5. The molecule has 5 nitrogen and oxygen atoms in total. The van der Waals surface area contributed by atoms with Gasteiger partial charge < -0.3 is 5.73 Å². The topological polar surface area (TPSA) is 89.3 Å². The van der Waals surface area contributed by atoms with Crippen LogP contribution in [-0.2, 0) is 14.8 Å². The summed E-state index contributed by atoms with van der Waals surface area (Å²) < 4.78 is 53.0. The van der Waals surface area contributed by atoms with Gasteiger partial charge in [0.25, 0.3) is 0 Å². The van der Waals surface area contributed by atoms with Crippen molar-refractivity contribution < 1.29 is 22.0 Å². The number of carbonyl (C=O) groups is 1. The highest BCUT2D eigenvalue weighted by Crippen LogP contribution is 2.27. The lowest BCUT2D eigenvalue weighted by Crippen LogP contribution is -2.42. The second-order valence-electron chi connectivity index (χ2n) is 4.72. The van der Waals surface area contributed by atoms with E-state index < -0.39 is 44.4 Å². The second-order valence-corrected chi connectivity index (χ2v) is 6.40. The number of carbonyl (C=O) groups excluding carboxylic acids is 1. The van der Waals surface area contributed by atoms with Crippen LogP contribution in [0.25, 0.3) is 0 Å². The summed E-state index contributed by atoms with van der Waals surface area (Å²) in [6, 6.07) is 2.22. The predicted molar refractivity (Wildman–Crippen MR) is 67.0 cm³/mol. The normalized spacial score (nSPS) is 22.9. The molecule has 0 saturated heterocycles. The number of primary amides is 1. The average molecular weight is 304 g/mol. The quantitative estimate of drug-likeness (QED) is 0.866. The molecule has 0 aliphatic heterocycles. The number of sulfonamides is 1.